The van der Waals surface area contributed by atoms with Crippen LogP contribution in [0.15, 0.2) is 97.1 Å². The average molecular weight is 394 g/mol. The Morgan fingerprint density at radius 3 is 0.655 bits per heavy atom. The van der Waals surface area contributed by atoms with Crippen LogP contribution in [-0.2, 0) is 0 Å². The summed E-state index contributed by atoms with van der Waals surface area (Å²) in [4.78, 5) is 0. The third kappa shape index (κ3) is 3.41. The van der Waals surface area contributed by atoms with Gasteiger partial charge >= 0.3 is 0 Å². The van der Waals surface area contributed by atoms with Crippen molar-refractivity contribution in [2.45, 2.75) is 0 Å². The van der Waals surface area contributed by atoms with Crippen molar-refractivity contribution in [3.63, 3.8) is 0 Å². The molecular formula is C24H16F4N+. The van der Waals surface area contributed by atoms with Crippen molar-refractivity contribution in [3.05, 3.63) is 120 Å². The molecule has 29 heavy (non-hydrogen) atoms. The van der Waals surface area contributed by atoms with Gasteiger partial charge < -0.3 is 0 Å². The van der Waals surface area contributed by atoms with E-state index in [1.165, 1.54) is 48.5 Å². The van der Waals surface area contributed by atoms with Crippen molar-refractivity contribution in [3.8, 4) is 0 Å². The Hall–Kier alpha value is -3.44. The van der Waals surface area contributed by atoms with Crippen LogP contribution < -0.4 is 4.48 Å². The van der Waals surface area contributed by atoms with Crippen molar-refractivity contribution in [1.82, 2.24) is 4.48 Å². The summed E-state index contributed by atoms with van der Waals surface area (Å²) < 4.78 is 54.6. The van der Waals surface area contributed by atoms with E-state index in [1.807, 2.05) is 0 Å². The standard InChI is InChI=1S/C24H16F4N/c25-17-1-9-21(10-2-17)29(22-11-3-18(26)4-12-22,23-13-5-19(27)6-14-23)24-15-7-20(28)8-16-24/h1-16H/q+1. The maximum absolute atomic E-state index is 13.7. The molecule has 0 saturated heterocycles. The van der Waals surface area contributed by atoms with Crippen LogP contribution in [0.25, 0.3) is 0 Å². The molecule has 0 unspecified atom stereocenters. The predicted octanol–water partition coefficient (Wildman–Crippen LogP) is 7.55. The highest BCUT2D eigenvalue weighted by Crippen LogP contribution is 2.51. The molecule has 0 saturated carbocycles. The fraction of sp³-hybridized carbons (Fsp3) is 0. The molecule has 0 atom stereocenters. The molecule has 0 amide bonds. The number of quaternary nitrogens is 1. The lowest BCUT2D eigenvalue weighted by atomic mass is 10.1. The molecule has 0 radical (unpaired) electrons. The summed E-state index contributed by atoms with van der Waals surface area (Å²) in [7, 11) is 0. The Balaban J connectivity index is 2.11. The minimum Gasteiger partial charge on any atom is -0.207 e. The minimum atomic E-state index is -0.413. The van der Waals surface area contributed by atoms with Crippen molar-refractivity contribution < 1.29 is 17.6 Å². The van der Waals surface area contributed by atoms with Gasteiger partial charge in [0, 0.05) is 48.5 Å². The summed E-state index contributed by atoms with van der Waals surface area (Å²) in [6.07, 6.45) is 0. The van der Waals surface area contributed by atoms with Gasteiger partial charge in [0.2, 0.25) is 0 Å². The van der Waals surface area contributed by atoms with Crippen LogP contribution >= 0.6 is 0 Å². The summed E-state index contributed by atoms with van der Waals surface area (Å²) >= 11 is 0. The van der Waals surface area contributed by atoms with E-state index >= 15 is 0 Å². The van der Waals surface area contributed by atoms with Gasteiger partial charge in [0.15, 0.2) is 0 Å². The molecular weight excluding hydrogens is 378 g/mol. The molecule has 4 aromatic rings. The van der Waals surface area contributed by atoms with E-state index in [9.17, 15) is 17.6 Å². The van der Waals surface area contributed by atoms with Gasteiger partial charge in [0.05, 0.1) is 0 Å². The quantitative estimate of drug-likeness (QED) is 0.248. The van der Waals surface area contributed by atoms with Crippen molar-refractivity contribution in [2.75, 3.05) is 0 Å². The topological polar surface area (TPSA) is 0 Å². The number of hydrogen-bond acceptors (Lipinski definition) is 0. The summed E-state index contributed by atoms with van der Waals surface area (Å²) in [6, 6.07) is 23.4. The van der Waals surface area contributed by atoms with Gasteiger partial charge in [-0.15, -0.1) is 0 Å². The Morgan fingerprint density at radius 2 is 0.483 bits per heavy atom. The summed E-state index contributed by atoms with van der Waals surface area (Å²) in [5.74, 6) is -1.65. The lowest BCUT2D eigenvalue weighted by Gasteiger charge is -2.37. The first-order valence-corrected chi connectivity index (χ1v) is 8.94. The molecule has 144 valence electrons. The first-order valence-electron chi connectivity index (χ1n) is 8.94. The maximum atomic E-state index is 13.7. The van der Waals surface area contributed by atoms with Gasteiger partial charge in [0.1, 0.15) is 46.0 Å². The van der Waals surface area contributed by atoms with Crippen LogP contribution in [0.4, 0.5) is 40.3 Å². The van der Waals surface area contributed by atoms with Crippen LogP contribution in [0, 0.1) is 23.3 Å². The number of hydrogen-bond donors (Lipinski definition) is 0. The van der Waals surface area contributed by atoms with E-state index in [0.29, 0.717) is 22.7 Å². The molecule has 0 aliphatic heterocycles. The lowest BCUT2D eigenvalue weighted by molar-refractivity contribution is 0.615. The Bertz CT molecular complexity index is 916. The van der Waals surface area contributed by atoms with Crippen LogP contribution in [0.2, 0.25) is 0 Å². The van der Waals surface area contributed by atoms with E-state index in [4.69, 9.17) is 0 Å². The van der Waals surface area contributed by atoms with Gasteiger partial charge in [-0.2, -0.15) is 4.48 Å². The summed E-state index contributed by atoms with van der Waals surface area (Å²) in [6.45, 7) is 0. The zero-order chi connectivity index (χ0) is 20.4. The van der Waals surface area contributed by atoms with Crippen molar-refractivity contribution in [1.29, 1.82) is 0 Å². The normalized spacial score (nSPS) is 11.4. The second kappa shape index (κ2) is 7.53. The maximum Gasteiger partial charge on any atom is 0.148 e. The molecule has 0 heterocycles. The van der Waals surface area contributed by atoms with E-state index in [-0.39, 0.29) is 4.48 Å². The minimum absolute atomic E-state index is 0.110. The second-order valence-electron chi connectivity index (χ2n) is 6.58. The van der Waals surface area contributed by atoms with Crippen LogP contribution in [0.5, 0.6) is 0 Å². The van der Waals surface area contributed by atoms with Gasteiger partial charge in [0.25, 0.3) is 0 Å². The van der Waals surface area contributed by atoms with Gasteiger partial charge in [-0.3, -0.25) is 0 Å². The fourth-order valence-corrected chi connectivity index (χ4v) is 3.55. The fourth-order valence-electron chi connectivity index (χ4n) is 3.55. The van der Waals surface area contributed by atoms with E-state index in [1.54, 1.807) is 48.5 Å². The Morgan fingerprint density at radius 1 is 0.310 bits per heavy atom. The highest BCUT2D eigenvalue weighted by atomic mass is 19.1. The number of rotatable bonds is 4. The first kappa shape index (κ1) is 18.9. The third-order valence-corrected chi connectivity index (χ3v) is 4.86. The smallest absolute Gasteiger partial charge is 0.148 e. The molecule has 4 aromatic carbocycles. The molecule has 1 nitrogen and oxygen atoms in total. The Kier molecular flexibility index (Phi) is 4.91. The lowest BCUT2D eigenvalue weighted by Crippen LogP contribution is -2.33. The van der Waals surface area contributed by atoms with Gasteiger partial charge in [-0.25, -0.2) is 17.6 Å². The zero-order valence-corrected chi connectivity index (χ0v) is 15.2. The molecule has 0 aliphatic rings. The molecule has 5 heteroatoms. The molecule has 0 fully saturated rings. The van der Waals surface area contributed by atoms with E-state index in [0.717, 1.165) is 0 Å². The predicted molar refractivity (Wildman–Crippen MR) is 106 cm³/mol. The highest BCUT2D eigenvalue weighted by Gasteiger charge is 2.39. The van der Waals surface area contributed by atoms with Gasteiger partial charge in [-0.05, 0) is 48.5 Å². The average Bonchev–Trinajstić information content (AvgIpc) is 2.73. The second-order valence-corrected chi connectivity index (χ2v) is 6.58. The number of halogens is 4. The molecule has 4 rings (SSSR count). The molecule has 0 spiro atoms. The van der Waals surface area contributed by atoms with Crippen LogP contribution in [0.3, 0.4) is 0 Å². The van der Waals surface area contributed by atoms with Crippen molar-refractivity contribution in [2.24, 2.45) is 0 Å². The Labute approximate surface area is 165 Å². The van der Waals surface area contributed by atoms with Crippen LogP contribution in [-0.4, -0.2) is 0 Å². The van der Waals surface area contributed by atoms with Crippen LogP contribution in [0.1, 0.15) is 0 Å². The zero-order valence-electron chi connectivity index (χ0n) is 15.2. The molecule has 0 aromatic heterocycles. The summed E-state index contributed by atoms with van der Waals surface area (Å²) in [5, 5.41) is 0. The molecule has 0 bridgehead atoms. The third-order valence-electron chi connectivity index (χ3n) is 4.86. The largest absolute Gasteiger partial charge is 0.207 e. The number of benzene rings is 4. The first-order chi connectivity index (χ1) is 14.0. The van der Waals surface area contributed by atoms with Gasteiger partial charge in [-0.1, -0.05) is 0 Å². The molecule has 0 N–H and O–H groups in total. The highest BCUT2D eigenvalue weighted by molar-refractivity contribution is 5.81. The monoisotopic (exact) mass is 394 g/mol. The SMILES string of the molecule is Fc1ccc([N+](c2ccc(F)cc2)(c2ccc(F)cc2)c2ccc(F)cc2)cc1. The summed E-state index contributed by atoms with van der Waals surface area (Å²) in [5.41, 5.74) is 2.49. The molecule has 0 aliphatic carbocycles. The van der Waals surface area contributed by atoms with Crippen molar-refractivity contribution >= 4 is 22.7 Å². The number of nitrogens with zero attached hydrogens (tertiary/aromatic N) is 1. The van der Waals surface area contributed by atoms with E-state index in [2.05, 4.69) is 0 Å². The van der Waals surface area contributed by atoms with E-state index < -0.39 is 23.3 Å².